The number of carbonyl (C=O) groups is 1. The molecule has 0 spiro atoms. The predicted octanol–water partition coefficient (Wildman–Crippen LogP) is 3.93. The molecule has 5 heteroatoms. The van der Waals surface area contributed by atoms with Crippen LogP contribution in [0.25, 0.3) is 10.9 Å². The number of nitrogens with zero attached hydrogens (tertiary/aromatic N) is 3. The number of ketones is 1. The molecule has 142 valence electrons. The molecular formula is C23H24N4O. The zero-order valence-corrected chi connectivity index (χ0v) is 16.1. The smallest absolute Gasteiger partial charge is 0.182 e. The van der Waals surface area contributed by atoms with Gasteiger partial charge < -0.3 is 5.32 Å². The van der Waals surface area contributed by atoms with Gasteiger partial charge in [-0.3, -0.25) is 9.69 Å². The lowest BCUT2D eigenvalue weighted by molar-refractivity contribution is 0.101. The minimum Gasteiger partial charge on any atom is -0.362 e. The molecule has 5 nitrogen and oxygen atoms in total. The lowest BCUT2D eigenvalue weighted by atomic mass is 9.89. The quantitative estimate of drug-likeness (QED) is 0.755. The van der Waals surface area contributed by atoms with Gasteiger partial charge in [0.2, 0.25) is 0 Å². The van der Waals surface area contributed by atoms with Crippen LogP contribution in [0.5, 0.6) is 0 Å². The molecule has 1 aromatic heterocycles. The summed E-state index contributed by atoms with van der Waals surface area (Å²) in [7, 11) is 0. The van der Waals surface area contributed by atoms with E-state index in [0.29, 0.717) is 12.5 Å². The van der Waals surface area contributed by atoms with E-state index >= 15 is 0 Å². The van der Waals surface area contributed by atoms with Gasteiger partial charge in [-0.2, -0.15) is 0 Å². The van der Waals surface area contributed by atoms with Gasteiger partial charge in [0.15, 0.2) is 5.78 Å². The highest BCUT2D eigenvalue weighted by molar-refractivity contribution is 6.15. The summed E-state index contributed by atoms with van der Waals surface area (Å²) in [4.78, 5) is 24.0. The largest absolute Gasteiger partial charge is 0.362 e. The second-order valence-corrected chi connectivity index (χ2v) is 7.93. The van der Waals surface area contributed by atoms with Crippen LogP contribution < -0.4 is 5.32 Å². The number of benzene rings is 2. The fourth-order valence-corrected chi connectivity index (χ4v) is 4.38. The predicted molar refractivity (Wildman–Crippen MR) is 111 cm³/mol. The zero-order valence-electron chi connectivity index (χ0n) is 16.1. The molecule has 0 unspecified atom stereocenters. The SMILES string of the molecule is Cc1ccc(C2CCN(Cc3nc4c5c(cccc5n3)C(=O)CN4)CC2)cc1. The molecule has 3 aromatic rings. The first-order chi connectivity index (χ1) is 13.7. The van der Waals surface area contributed by atoms with Gasteiger partial charge >= 0.3 is 0 Å². The van der Waals surface area contributed by atoms with E-state index in [-0.39, 0.29) is 5.78 Å². The van der Waals surface area contributed by atoms with Crippen molar-refractivity contribution in [3.8, 4) is 0 Å². The third-order valence-corrected chi connectivity index (χ3v) is 5.99. The molecule has 2 aromatic carbocycles. The summed E-state index contributed by atoms with van der Waals surface area (Å²) < 4.78 is 0. The molecule has 0 saturated carbocycles. The molecule has 2 aliphatic heterocycles. The molecule has 3 heterocycles. The Hall–Kier alpha value is -2.79. The van der Waals surface area contributed by atoms with Crippen LogP contribution in [0.2, 0.25) is 0 Å². The molecule has 1 N–H and O–H groups in total. The van der Waals surface area contributed by atoms with Gasteiger partial charge in [-0.05, 0) is 50.4 Å². The number of Topliss-reactive ketones (excluding diaryl/α,β-unsaturated/α-hetero) is 1. The van der Waals surface area contributed by atoms with Gasteiger partial charge in [-0.25, -0.2) is 9.97 Å². The van der Waals surface area contributed by atoms with Gasteiger partial charge in [0.1, 0.15) is 11.6 Å². The Kier molecular flexibility index (Phi) is 4.32. The fraction of sp³-hybridized carbons (Fsp3) is 0.348. The first-order valence-electron chi connectivity index (χ1n) is 10.0. The Morgan fingerprint density at radius 1 is 1.07 bits per heavy atom. The first kappa shape index (κ1) is 17.3. The molecule has 1 saturated heterocycles. The van der Waals surface area contributed by atoms with E-state index in [2.05, 4.69) is 41.4 Å². The van der Waals surface area contributed by atoms with Crippen LogP contribution in [0, 0.1) is 6.92 Å². The third-order valence-electron chi connectivity index (χ3n) is 5.99. The second kappa shape index (κ2) is 6.99. The molecule has 0 atom stereocenters. The second-order valence-electron chi connectivity index (χ2n) is 7.93. The van der Waals surface area contributed by atoms with Crippen molar-refractivity contribution in [1.29, 1.82) is 0 Å². The maximum atomic E-state index is 12.1. The van der Waals surface area contributed by atoms with Crippen molar-refractivity contribution in [2.75, 3.05) is 25.0 Å². The van der Waals surface area contributed by atoms with Crippen LogP contribution in [-0.2, 0) is 6.54 Å². The molecule has 0 aliphatic carbocycles. The number of hydrogen-bond acceptors (Lipinski definition) is 5. The van der Waals surface area contributed by atoms with Crippen LogP contribution >= 0.6 is 0 Å². The summed E-state index contributed by atoms with van der Waals surface area (Å²) in [6.07, 6.45) is 2.33. The number of aryl methyl sites for hydroxylation is 1. The van der Waals surface area contributed by atoms with E-state index in [4.69, 9.17) is 9.97 Å². The van der Waals surface area contributed by atoms with Crippen LogP contribution in [-0.4, -0.2) is 40.3 Å². The molecule has 1 fully saturated rings. The van der Waals surface area contributed by atoms with E-state index in [1.807, 2.05) is 18.2 Å². The average molecular weight is 372 g/mol. The number of rotatable bonds is 3. The normalized spacial score (nSPS) is 17.7. The fourth-order valence-electron chi connectivity index (χ4n) is 4.38. The van der Waals surface area contributed by atoms with Crippen molar-refractivity contribution in [3.63, 3.8) is 0 Å². The maximum Gasteiger partial charge on any atom is 0.182 e. The Morgan fingerprint density at radius 3 is 2.64 bits per heavy atom. The van der Waals surface area contributed by atoms with E-state index in [1.165, 1.54) is 24.0 Å². The number of carbonyl (C=O) groups excluding carboxylic acids is 1. The topological polar surface area (TPSA) is 58.1 Å². The van der Waals surface area contributed by atoms with E-state index in [0.717, 1.165) is 47.7 Å². The number of likely N-dealkylation sites (tertiary alicyclic amines) is 1. The summed E-state index contributed by atoms with van der Waals surface area (Å²) in [5, 5.41) is 4.03. The van der Waals surface area contributed by atoms with Crippen molar-refractivity contribution in [2.24, 2.45) is 0 Å². The third kappa shape index (κ3) is 3.16. The summed E-state index contributed by atoms with van der Waals surface area (Å²) in [5.41, 5.74) is 4.36. The van der Waals surface area contributed by atoms with Gasteiger partial charge in [-0.1, -0.05) is 42.0 Å². The number of hydrogen-bond donors (Lipinski definition) is 1. The highest BCUT2D eigenvalue weighted by Crippen LogP contribution is 2.30. The Morgan fingerprint density at radius 2 is 1.86 bits per heavy atom. The van der Waals surface area contributed by atoms with Gasteiger partial charge in [-0.15, -0.1) is 0 Å². The Bertz CT molecular complexity index is 1040. The lowest BCUT2D eigenvalue weighted by Crippen LogP contribution is -2.33. The summed E-state index contributed by atoms with van der Waals surface area (Å²) in [6.45, 7) is 5.31. The standard InChI is InChI=1S/C23H24N4O/c1-15-5-7-16(8-6-15)17-9-11-27(12-10-17)14-21-25-19-4-2-3-18-20(28)13-24-23(26-21)22(18)19/h2-8,17H,9-14H2,1H3,(H,24,25,26). The van der Waals surface area contributed by atoms with Gasteiger partial charge in [0.05, 0.1) is 24.0 Å². The monoisotopic (exact) mass is 372 g/mol. The summed E-state index contributed by atoms with van der Waals surface area (Å²) >= 11 is 0. The minimum atomic E-state index is 0.104. The Labute approximate surface area is 164 Å². The number of aromatic nitrogens is 2. The van der Waals surface area contributed by atoms with Crippen LogP contribution in [0.15, 0.2) is 42.5 Å². The molecule has 28 heavy (non-hydrogen) atoms. The van der Waals surface area contributed by atoms with Crippen LogP contribution in [0.4, 0.5) is 5.82 Å². The maximum absolute atomic E-state index is 12.1. The van der Waals surface area contributed by atoms with Crippen molar-refractivity contribution < 1.29 is 4.79 Å². The van der Waals surface area contributed by atoms with Crippen LogP contribution in [0.3, 0.4) is 0 Å². The highest BCUT2D eigenvalue weighted by atomic mass is 16.1. The number of piperidine rings is 1. The first-order valence-corrected chi connectivity index (χ1v) is 10.0. The summed E-state index contributed by atoms with van der Waals surface area (Å²) in [5.74, 6) is 2.37. The Balaban J connectivity index is 1.32. The highest BCUT2D eigenvalue weighted by Gasteiger charge is 2.24. The minimum absolute atomic E-state index is 0.104. The number of anilines is 1. The lowest BCUT2D eigenvalue weighted by Gasteiger charge is -2.32. The van der Waals surface area contributed by atoms with Crippen molar-refractivity contribution >= 4 is 22.5 Å². The van der Waals surface area contributed by atoms with E-state index < -0.39 is 0 Å². The van der Waals surface area contributed by atoms with Gasteiger partial charge in [0, 0.05) is 5.56 Å². The molecule has 2 aliphatic rings. The van der Waals surface area contributed by atoms with Crippen molar-refractivity contribution in [2.45, 2.75) is 32.2 Å². The molecule has 0 amide bonds. The molecule has 0 radical (unpaired) electrons. The molecule has 5 rings (SSSR count). The number of nitrogens with one attached hydrogen (secondary N) is 1. The molecule has 0 bridgehead atoms. The van der Waals surface area contributed by atoms with Crippen molar-refractivity contribution in [3.05, 3.63) is 65.0 Å². The average Bonchev–Trinajstić information content (AvgIpc) is 2.72. The zero-order chi connectivity index (χ0) is 19.1. The van der Waals surface area contributed by atoms with Crippen LogP contribution in [0.1, 0.15) is 46.1 Å². The van der Waals surface area contributed by atoms with Gasteiger partial charge in [0.25, 0.3) is 0 Å². The summed E-state index contributed by atoms with van der Waals surface area (Å²) in [6, 6.07) is 14.7. The van der Waals surface area contributed by atoms with Crippen molar-refractivity contribution in [1.82, 2.24) is 14.9 Å². The van der Waals surface area contributed by atoms with E-state index in [9.17, 15) is 4.79 Å². The van der Waals surface area contributed by atoms with E-state index in [1.54, 1.807) is 0 Å². The molecular weight excluding hydrogens is 348 g/mol.